The lowest BCUT2D eigenvalue weighted by Gasteiger charge is -2.05. The number of benzene rings is 1. The average molecular weight is 210 g/mol. The first-order valence-electron chi connectivity index (χ1n) is 4.21. The van der Waals surface area contributed by atoms with Gasteiger partial charge in [0.15, 0.2) is 6.73 Å². The van der Waals surface area contributed by atoms with Crippen LogP contribution in [-0.4, -0.2) is 17.6 Å². The van der Waals surface area contributed by atoms with Gasteiger partial charge in [-0.25, -0.2) is 0 Å². The van der Waals surface area contributed by atoms with Crippen LogP contribution in [0.4, 0.5) is 11.4 Å². The minimum atomic E-state index is -0.476. The van der Waals surface area contributed by atoms with Crippen LogP contribution in [0, 0.1) is 10.1 Å². The molecule has 0 aromatic heterocycles. The molecular weight excluding hydrogens is 200 g/mol. The van der Waals surface area contributed by atoms with Gasteiger partial charge in [-0.2, -0.15) is 0 Å². The summed E-state index contributed by atoms with van der Waals surface area (Å²) in [6, 6.07) is 5.83. The molecule has 0 atom stereocenters. The van der Waals surface area contributed by atoms with Gasteiger partial charge < -0.3 is 10.1 Å². The van der Waals surface area contributed by atoms with E-state index in [-0.39, 0.29) is 18.4 Å². The second-order valence-electron chi connectivity index (χ2n) is 2.76. The van der Waals surface area contributed by atoms with E-state index in [9.17, 15) is 14.9 Å². The monoisotopic (exact) mass is 210 g/mol. The highest BCUT2D eigenvalue weighted by atomic mass is 16.6. The molecule has 1 aromatic carbocycles. The lowest BCUT2D eigenvalue weighted by Crippen LogP contribution is -2.09. The Morgan fingerprint density at radius 2 is 2.07 bits per heavy atom. The summed E-state index contributed by atoms with van der Waals surface area (Å²) in [5.74, 6) is -0.385. The molecular formula is C9H10N2O4. The standard InChI is InChI=1S/C9H10N2O4/c1-7(12)15-6-10-8-2-4-9(5-3-8)11(13)14/h2-5,10H,6H2,1H3. The molecule has 0 bridgehead atoms. The molecule has 6 nitrogen and oxygen atoms in total. The van der Waals surface area contributed by atoms with Crippen LogP contribution in [0.15, 0.2) is 24.3 Å². The van der Waals surface area contributed by atoms with E-state index >= 15 is 0 Å². The number of carbonyl (C=O) groups excluding carboxylic acids is 1. The Hall–Kier alpha value is -2.11. The predicted octanol–water partition coefficient (Wildman–Crippen LogP) is 1.53. The average Bonchev–Trinajstić information content (AvgIpc) is 2.18. The largest absolute Gasteiger partial charge is 0.445 e. The molecule has 0 aliphatic rings. The highest BCUT2D eigenvalue weighted by Crippen LogP contribution is 2.14. The summed E-state index contributed by atoms with van der Waals surface area (Å²) in [6.45, 7) is 1.35. The molecule has 0 unspecified atom stereocenters. The third-order valence-electron chi connectivity index (χ3n) is 1.63. The van der Waals surface area contributed by atoms with E-state index in [0.29, 0.717) is 5.69 Å². The molecule has 1 N–H and O–H groups in total. The number of esters is 1. The Balaban J connectivity index is 2.50. The van der Waals surface area contributed by atoms with Crippen molar-refractivity contribution >= 4 is 17.3 Å². The van der Waals surface area contributed by atoms with Crippen molar-refractivity contribution in [2.24, 2.45) is 0 Å². The number of ether oxygens (including phenoxy) is 1. The second kappa shape index (κ2) is 4.94. The van der Waals surface area contributed by atoms with E-state index in [4.69, 9.17) is 0 Å². The van der Waals surface area contributed by atoms with E-state index in [1.165, 1.54) is 19.1 Å². The number of rotatable bonds is 4. The van der Waals surface area contributed by atoms with Crippen molar-refractivity contribution in [2.45, 2.75) is 6.92 Å². The molecule has 0 amide bonds. The molecule has 0 radical (unpaired) electrons. The van der Waals surface area contributed by atoms with Crippen LogP contribution in [-0.2, 0) is 9.53 Å². The number of carbonyl (C=O) groups is 1. The highest BCUT2D eigenvalue weighted by Gasteiger charge is 2.03. The zero-order chi connectivity index (χ0) is 11.3. The van der Waals surface area contributed by atoms with Gasteiger partial charge in [0.1, 0.15) is 0 Å². The second-order valence-corrected chi connectivity index (χ2v) is 2.76. The first-order valence-corrected chi connectivity index (χ1v) is 4.21. The van der Waals surface area contributed by atoms with Crippen molar-refractivity contribution < 1.29 is 14.5 Å². The maximum Gasteiger partial charge on any atom is 0.304 e. The summed E-state index contributed by atoms with van der Waals surface area (Å²) in [6.07, 6.45) is 0. The third kappa shape index (κ3) is 3.63. The van der Waals surface area contributed by atoms with Crippen molar-refractivity contribution in [2.75, 3.05) is 12.0 Å². The van der Waals surface area contributed by atoms with E-state index in [1.54, 1.807) is 12.1 Å². The fourth-order valence-electron chi connectivity index (χ4n) is 0.922. The first-order chi connectivity index (χ1) is 7.09. The van der Waals surface area contributed by atoms with Gasteiger partial charge in [0.25, 0.3) is 5.69 Å². The third-order valence-corrected chi connectivity index (χ3v) is 1.63. The number of nitro benzene ring substituents is 1. The summed E-state index contributed by atoms with van der Waals surface area (Å²) < 4.78 is 4.64. The molecule has 6 heteroatoms. The van der Waals surface area contributed by atoms with Crippen molar-refractivity contribution in [3.63, 3.8) is 0 Å². The van der Waals surface area contributed by atoms with Crippen molar-refractivity contribution in [1.82, 2.24) is 0 Å². The van der Waals surface area contributed by atoms with Crippen LogP contribution >= 0.6 is 0 Å². The number of hydrogen-bond donors (Lipinski definition) is 1. The fraction of sp³-hybridized carbons (Fsp3) is 0.222. The van der Waals surface area contributed by atoms with Gasteiger partial charge >= 0.3 is 5.97 Å². The Labute approximate surface area is 86.0 Å². The van der Waals surface area contributed by atoms with Crippen LogP contribution < -0.4 is 5.32 Å². The SMILES string of the molecule is CC(=O)OCNc1ccc([N+](=O)[O-])cc1. The quantitative estimate of drug-likeness (QED) is 0.352. The van der Waals surface area contributed by atoms with Crippen LogP contribution in [0.1, 0.15) is 6.92 Å². The van der Waals surface area contributed by atoms with E-state index in [1.807, 2.05) is 0 Å². The van der Waals surface area contributed by atoms with Crippen LogP contribution in [0.5, 0.6) is 0 Å². The number of nitrogens with zero attached hydrogens (tertiary/aromatic N) is 1. The summed E-state index contributed by atoms with van der Waals surface area (Å²) in [5, 5.41) is 13.1. The van der Waals surface area contributed by atoms with Gasteiger partial charge in [-0.3, -0.25) is 14.9 Å². The van der Waals surface area contributed by atoms with Gasteiger partial charge in [-0.05, 0) is 12.1 Å². The topological polar surface area (TPSA) is 81.5 Å². The predicted molar refractivity (Wildman–Crippen MR) is 53.4 cm³/mol. The summed E-state index contributed by atoms with van der Waals surface area (Å²) in [7, 11) is 0. The van der Waals surface area contributed by atoms with Gasteiger partial charge in [0.05, 0.1) is 4.92 Å². The number of hydrogen-bond acceptors (Lipinski definition) is 5. The molecule has 1 aromatic rings. The van der Waals surface area contributed by atoms with Crippen molar-refractivity contribution in [3.05, 3.63) is 34.4 Å². The van der Waals surface area contributed by atoms with Crippen LogP contribution in [0.25, 0.3) is 0 Å². The molecule has 15 heavy (non-hydrogen) atoms. The molecule has 0 spiro atoms. The van der Waals surface area contributed by atoms with E-state index in [2.05, 4.69) is 10.1 Å². The lowest BCUT2D eigenvalue weighted by molar-refractivity contribution is -0.384. The first kappa shape index (κ1) is 11.0. The number of non-ortho nitro benzene ring substituents is 1. The molecule has 0 heterocycles. The number of nitro groups is 1. The summed E-state index contributed by atoms with van der Waals surface area (Å²) >= 11 is 0. The summed E-state index contributed by atoms with van der Waals surface area (Å²) in [5.41, 5.74) is 0.676. The molecule has 0 saturated carbocycles. The van der Waals surface area contributed by atoms with Gasteiger partial charge in [0.2, 0.25) is 0 Å². The summed E-state index contributed by atoms with van der Waals surface area (Å²) in [4.78, 5) is 20.3. The maximum atomic E-state index is 10.4. The Morgan fingerprint density at radius 3 is 2.53 bits per heavy atom. The number of anilines is 1. The minimum Gasteiger partial charge on any atom is -0.445 e. The maximum absolute atomic E-state index is 10.4. The Kier molecular flexibility index (Phi) is 3.61. The van der Waals surface area contributed by atoms with Crippen molar-refractivity contribution in [3.8, 4) is 0 Å². The van der Waals surface area contributed by atoms with Crippen molar-refractivity contribution in [1.29, 1.82) is 0 Å². The Bertz CT molecular complexity index is 361. The molecule has 0 aliphatic heterocycles. The lowest BCUT2D eigenvalue weighted by atomic mass is 10.3. The fourth-order valence-corrected chi connectivity index (χ4v) is 0.922. The smallest absolute Gasteiger partial charge is 0.304 e. The van der Waals surface area contributed by atoms with Gasteiger partial charge in [-0.15, -0.1) is 0 Å². The van der Waals surface area contributed by atoms with Gasteiger partial charge in [-0.1, -0.05) is 0 Å². The zero-order valence-electron chi connectivity index (χ0n) is 8.10. The van der Waals surface area contributed by atoms with Crippen LogP contribution in [0.3, 0.4) is 0 Å². The highest BCUT2D eigenvalue weighted by molar-refractivity contribution is 5.66. The molecule has 0 fully saturated rings. The molecule has 0 aliphatic carbocycles. The normalized spacial score (nSPS) is 9.40. The molecule has 0 saturated heterocycles. The molecule has 80 valence electrons. The van der Waals surface area contributed by atoms with Gasteiger partial charge in [0, 0.05) is 24.7 Å². The number of nitrogens with one attached hydrogen (secondary N) is 1. The van der Waals surface area contributed by atoms with Crippen LogP contribution in [0.2, 0.25) is 0 Å². The zero-order valence-corrected chi connectivity index (χ0v) is 8.10. The molecule has 1 rings (SSSR count). The minimum absolute atomic E-state index is 0.0213. The van der Waals surface area contributed by atoms with E-state index in [0.717, 1.165) is 0 Å². The van der Waals surface area contributed by atoms with E-state index < -0.39 is 4.92 Å². The Morgan fingerprint density at radius 1 is 1.47 bits per heavy atom.